The second-order valence-corrected chi connectivity index (χ2v) is 30.8. The van der Waals surface area contributed by atoms with E-state index in [0.717, 1.165) is 141 Å². The zero-order valence-corrected chi connectivity index (χ0v) is 68.2. The van der Waals surface area contributed by atoms with Crippen LogP contribution >= 0.6 is 15.6 Å². The van der Waals surface area contributed by atoms with E-state index in [2.05, 4.69) is 142 Å². The molecule has 0 heterocycles. The lowest BCUT2D eigenvalue weighted by Gasteiger charge is -2.21. The van der Waals surface area contributed by atoms with Crippen molar-refractivity contribution < 1.29 is 75.8 Å². The Kier molecular flexibility index (Phi) is 76.4. The molecule has 0 aliphatic carbocycles. The van der Waals surface area contributed by atoms with Gasteiger partial charge in [0.1, 0.15) is 25.4 Å². The number of hydrogen-bond acceptors (Lipinski definition) is 14. The van der Waals surface area contributed by atoms with Crippen molar-refractivity contribution in [1.82, 2.24) is 0 Å². The van der Waals surface area contributed by atoms with Crippen molar-refractivity contribution in [2.45, 2.75) is 373 Å². The van der Waals surface area contributed by atoms with E-state index in [1.54, 1.807) is 0 Å². The van der Waals surface area contributed by atoms with Crippen LogP contribution in [0.3, 0.4) is 0 Å². The Labute approximate surface area is 640 Å². The summed E-state index contributed by atoms with van der Waals surface area (Å²) in [6.45, 7) is 2.56. The van der Waals surface area contributed by atoms with Crippen molar-refractivity contribution in [1.29, 1.82) is 0 Å². The maximum atomic E-state index is 12.9. The maximum Gasteiger partial charge on any atom is 0.472 e. The largest absolute Gasteiger partial charge is 0.472 e. The predicted octanol–water partition coefficient (Wildman–Crippen LogP) is 24.9. The molecule has 0 aromatic carbocycles. The van der Waals surface area contributed by atoms with Gasteiger partial charge in [-0.25, -0.2) is 9.13 Å². The van der Waals surface area contributed by atoms with E-state index in [9.17, 15) is 43.5 Å². The summed E-state index contributed by atoms with van der Waals surface area (Å²) in [6, 6.07) is 0. The van der Waals surface area contributed by atoms with Crippen LogP contribution in [-0.2, 0) is 55.8 Å². The number of unbranched alkanes of at least 4 members (excludes halogenated alkanes) is 36. The average Bonchev–Trinajstić information content (AvgIpc) is 0.918. The second kappa shape index (κ2) is 79.5. The fraction of sp³-hybridized carbons (Fsp3) is 0.736. The molecular formula is C87H152O16P2. The van der Waals surface area contributed by atoms with Crippen LogP contribution in [0.4, 0.5) is 0 Å². The van der Waals surface area contributed by atoms with Crippen molar-refractivity contribution >= 4 is 33.6 Å². The molecule has 0 saturated carbocycles. The number of carbonyl (C=O) groups is 3. The number of phosphoric ester groups is 2. The van der Waals surface area contributed by atoms with Crippen LogP contribution in [0.5, 0.6) is 0 Å². The first-order valence-electron chi connectivity index (χ1n) is 41.8. The lowest BCUT2D eigenvalue weighted by molar-refractivity contribution is -0.161. The van der Waals surface area contributed by atoms with Crippen LogP contribution in [0.2, 0.25) is 0 Å². The fourth-order valence-corrected chi connectivity index (χ4v) is 12.9. The Bertz CT molecular complexity index is 2390. The van der Waals surface area contributed by atoms with Crippen LogP contribution in [0.15, 0.2) is 122 Å². The SMILES string of the molecule is CC/C=C\C/C=C\C/C=C\C/C=C\C/C=C\C/C=C\CCCCCCCCCCCCCCC(=O)OCC(O)COP(=O)(O)OCC(O)COP(=O)(O)OCC(COC(=O)CCCCCCCCCCCCC/C=C\C/C=C\C/C=C\C/C=C\CCCCC)OC(=O)CCCCCCCCCCCCC. The highest BCUT2D eigenvalue weighted by molar-refractivity contribution is 7.47. The number of phosphoric acid groups is 2. The Morgan fingerprint density at radius 1 is 0.276 bits per heavy atom. The normalized spacial score (nSPS) is 14.5. The summed E-state index contributed by atoms with van der Waals surface area (Å²) in [4.78, 5) is 58.6. The van der Waals surface area contributed by atoms with Crippen LogP contribution in [-0.4, -0.2) is 95.9 Å². The van der Waals surface area contributed by atoms with Gasteiger partial charge in [-0.1, -0.05) is 341 Å². The van der Waals surface area contributed by atoms with Crippen LogP contribution in [0.1, 0.15) is 355 Å². The van der Waals surface area contributed by atoms with E-state index in [-0.39, 0.29) is 19.3 Å². The molecule has 0 aliphatic rings. The molecule has 0 aromatic rings. The summed E-state index contributed by atoms with van der Waals surface area (Å²) >= 11 is 0. The molecule has 0 fully saturated rings. The lowest BCUT2D eigenvalue weighted by atomic mass is 10.0. The molecule has 0 saturated heterocycles. The Morgan fingerprint density at radius 3 is 0.819 bits per heavy atom. The molecule has 105 heavy (non-hydrogen) atoms. The standard InChI is InChI=1S/C87H152O16P2/c1-4-7-10-13-16-19-22-24-26-28-30-32-34-36-38-39-40-41-43-45-46-48-50-52-54-56-59-61-64-67-70-73-85(90)97-76-82(88)77-99-104(93,94)100-78-83(89)79-101-105(95,96)102-81-84(103-87(92)75-72-69-66-63-58-21-18-15-12-9-6-3)80-98-86(91)74-71-68-65-62-60-57-55-53-51-49-47-44-42-37-35-33-31-29-27-25-23-20-17-14-11-8-5-2/h7,10,16-17,19-20,24-27,30-33,36-38,40-42,82-84,88-89H,4-6,8-9,11-15,18,21-23,28-29,34-35,39,43-81H2,1-3H3,(H,93,94)(H,95,96)/b10-7-,19-16-,20-17-,26-24-,27-25-,32-30-,33-31-,38-36-,41-40-,42-37-. The first kappa shape index (κ1) is 101. The van der Waals surface area contributed by atoms with Gasteiger partial charge in [-0.15, -0.1) is 0 Å². The summed E-state index contributed by atoms with van der Waals surface area (Å²) in [5.74, 6) is -1.57. The molecule has 5 atom stereocenters. The van der Waals surface area contributed by atoms with E-state index in [1.807, 2.05) is 0 Å². The maximum absolute atomic E-state index is 12.9. The van der Waals surface area contributed by atoms with Crippen molar-refractivity contribution in [2.75, 3.05) is 39.6 Å². The van der Waals surface area contributed by atoms with E-state index in [0.29, 0.717) is 19.3 Å². The number of aliphatic hydroxyl groups is 2. The van der Waals surface area contributed by atoms with Crippen molar-refractivity contribution in [3.05, 3.63) is 122 Å². The van der Waals surface area contributed by atoms with Crippen molar-refractivity contribution in [3.63, 3.8) is 0 Å². The summed E-state index contributed by atoms with van der Waals surface area (Å²) < 4.78 is 61.2. The number of allylic oxidation sites excluding steroid dienone is 20. The van der Waals surface area contributed by atoms with Crippen molar-refractivity contribution in [3.8, 4) is 0 Å². The van der Waals surface area contributed by atoms with Gasteiger partial charge in [0.25, 0.3) is 0 Å². The van der Waals surface area contributed by atoms with Gasteiger partial charge in [0.05, 0.1) is 26.4 Å². The van der Waals surface area contributed by atoms with Gasteiger partial charge in [-0.2, -0.15) is 0 Å². The zero-order valence-electron chi connectivity index (χ0n) is 66.4. The Hall–Kier alpha value is -4.05. The van der Waals surface area contributed by atoms with E-state index < -0.39 is 91.5 Å². The molecule has 5 unspecified atom stereocenters. The average molecular weight is 1520 g/mol. The van der Waals surface area contributed by atoms with Gasteiger partial charge in [0.15, 0.2) is 6.10 Å². The fourth-order valence-electron chi connectivity index (χ4n) is 11.3. The van der Waals surface area contributed by atoms with Crippen LogP contribution in [0, 0.1) is 0 Å². The number of rotatable bonds is 79. The lowest BCUT2D eigenvalue weighted by Crippen LogP contribution is -2.30. The number of hydrogen-bond donors (Lipinski definition) is 4. The highest BCUT2D eigenvalue weighted by Gasteiger charge is 2.29. The minimum absolute atomic E-state index is 0.106. The highest BCUT2D eigenvalue weighted by Crippen LogP contribution is 2.45. The highest BCUT2D eigenvalue weighted by atomic mass is 31.2. The summed E-state index contributed by atoms with van der Waals surface area (Å²) in [5.41, 5.74) is 0. The van der Waals surface area contributed by atoms with Gasteiger partial charge >= 0.3 is 33.6 Å². The number of ether oxygens (including phenoxy) is 3. The number of aliphatic hydroxyl groups excluding tert-OH is 2. The molecule has 0 spiro atoms. The summed E-state index contributed by atoms with van der Waals surface area (Å²) in [7, 11) is -9.78. The first-order chi connectivity index (χ1) is 51.2. The Balaban J connectivity index is 4.41. The monoisotopic (exact) mass is 1520 g/mol. The van der Waals surface area contributed by atoms with Gasteiger partial charge in [-0.05, 0) is 116 Å². The van der Waals surface area contributed by atoms with Gasteiger partial charge in [0.2, 0.25) is 0 Å². The number of carbonyl (C=O) groups excluding carboxylic acids is 3. The molecule has 0 bridgehead atoms. The van der Waals surface area contributed by atoms with E-state index in [4.69, 9.17) is 32.3 Å². The molecule has 606 valence electrons. The molecule has 0 amide bonds. The summed E-state index contributed by atoms with van der Waals surface area (Å²) in [6.07, 6.45) is 95.5. The quantitative estimate of drug-likeness (QED) is 0.0146. The molecule has 0 rings (SSSR count). The molecular weight excluding hydrogens is 1360 g/mol. The van der Waals surface area contributed by atoms with Gasteiger partial charge in [-0.3, -0.25) is 32.5 Å². The molecule has 0 aliphatic heterocycles. The van der Waals surface area contributed by atoms with E-state index >= 15 is 0 Å². The molecule has 16 nitrogen and oxygen atoms in total. The zero-order chi connectivity index (χ0) is 76.6. The predicted molar refractivity (Wildman–Crippen MR) is 436 cm³/mol. The third-order valence-corrected chi connectivity index (χ3v) is 19.6. The van der Waals surface area contributed by atoms with Crippen LogP contribution in [0.25, 0.3) is 0 Å². The topological polar surface area (TPSA) is 231 Å². The van der Waals surface area contributed by atoms with Gasteiger partial charge < -0.3 is 34.2 Å². The molecule has 0 aromatic heterocycles. The molecule has 0 radical (unpaired) electrons. The second-order valence-electron chi connectivity index (χ2n) is 27.9. The minimum Gasteiger partial charge on any atom is -0.463 e. The minimum atomic E-state index is -4.93. The molecule has 18 heteroatoms. The molecule has 4 N–H and O–H groups in total. The van der Waals surface area contributed by atoms with Crippen LogP contribution < -0.4 is 0 Å². The smallest absolute Gasteiger partial charge is 0.463 e. The third-order valence-electron chi connectivity index (χ3n) is 17.7. The van der Waals surface area contributed by atoms with Gasteiger partial charge in [0, 0.05) is 19.3 Å². The van der Waals surface area contributed by atoms with Crippen molar-refractivity contribution in [2.24, 2.45) is 0 Å². The Morgan fingerprint density at radius 2 is 0.505 bits per heavy atom. The third kappa shape index (κ3) is 80.8. The van der Waals surface area contributed by atoms with E-state index in [1.165, 1.54) is 154 Å². The first-order valence-corrected chi connectivity index (χ1v) is 44.8. The summed E-state index contributed by atoms with van der Waals surface area (Å²) in [5, 5.41) is 20.6. The number of esters is 3.